The minimum absolute atomic E-state index is 0. The Balaban J connectivity index is 0.00000176. The summed E-state index contributed by atoms with van der Waals surface area (Å²) in [4.78, 5) is 22.2. The number of aryl methyl sites for hydroxylation is 2. The van der Waals surface area contributed by atoms with Crippen LogP contribution in [0.3, 0.4) is 0 Å². The number of carbonyl (C=O) groups excluding carboxylic acids is 1. The number of hydrogen-bond acceptors (Lipinski definition) is 6. The number of anilines is 1. The van der Waals surface area contributed by atoms with Crippen molar-refractivity contribution < 1.29 is 4.79 Å². The Bertz CT molecular complexity index is 649. The zero-order valence-corrected chi connectivity index (χ0v) is 15.0. The maximum atomic E-state index is 12.2. The highest BCUT2D eigenvalue weighted by molar-refractivity contribution is 7.16. The molecule has 1 fully saturated rings. The molecule has 1 saturated heterocycles. The van der Waals surface area contributed by atoms with E-state index in [1.54, 1.807) is 11.3 Å². The van der Waals surface area contributed by atoms with Gasteiger partial charge in [0.25, 0.3) is 0 Å². The number of amides is 1. The van der Waals surface area contributed by atoms with E-state index in [0.29, 0.717) is 5.13 Å². The molecule has 0 spiro atoms. The molecule has 1 atom stereocenters. The van der Waals surface area contributed by atoms with Crippen LogP contribution in [0.15, 0.2) is 5.38 Å². The molecule has 3 rings (SSSR count). The van der Waals surface area contributed by atoms with E-state index in [0.717, 1.165) is 47.2 Å². The monoisotopic (exact) mass is 358 g/mol. The largest absolute Gasteiger partial charge is 0.316 e. The average Bonchev–Trinajstić information content (AvgIpc) is 3.06. The number of rotatable bonds is 3. The molecule has 1 aliphatic rings. The lowest BCUT2D eigenvalue weighted by atomic mass is 9.99. The molecular formula is C14H19ClN4OS2. The molecule has 0 aromatic carbocycles. The predicted octanol–water partition coefficient (Wildman–Crippen LogP) is 3.24. The second-order valence-corrected chi connectivity index (χ2v) is 7.28. The summed E-state index contributed by atoms with van der Waals surface area (Å²) in [6, 6.07) is 0. The predicted molar refractivity (Wildman–Crippen MR) is 94.2 cm³/mol. The topological polar surface area (TPSA) is 66.9 Å². The summed E-state index contributed by atoms with van der Waals surface area (Å²) < 4.78 is 0. The highest BCUT2D eigenvalue weighted by Gasteiger charge is 2.22. The highest BCUT2D eigenvalue weighted by atomic mass is 35.5. The highest BCUT2D eigenvalue weighted by Crippen LogP contribution is 2.32. The lowest BCUT2D eigenvalue weighted by Gasteiger charge is -2.21. The van der Waals surface area contributed by atoms with Crippen LogP contribution in [0.4, 0.5) is 5.13 Å². The molecule has 1 unspecified atom stereocenters. The summed E-state index contributed by atoms with van der Waals surface area (Å²) in [6.07, 6.45) is 2.00. The number of piperidine rings is 1. The molecule has 0 saturated carbocycles. The van der Waals surface area contributed by atoms with Crippen molar-refractivity contribution in [3.63, 3.8) is 0 Å². The molecule has 0 bridgehead atoms. The van der Waals surface area contributed by atoms with Gasteiger partial charge in [-0.15, -0.1) is 35.1 Å². The van der Waals surface area contributed by atoms with Crippen molar-refractivity contribution in [2.45, 2.75) is 26.7 Å². The molecule has 1 aliphatic heterocycles. The molecular weight excluding hydrogens is 340 g/mol. The summed E-state index contributed by atoms with van der Waals surface area (Å²) in [5.41, 5.74) is 1.90. The molecule has 2 aromatic heterocycles. The van der Waals surface area contributed by atoms with Crippen LogP contribution in [-0.4, -0.2) is 29.0 Å². The summed E-state index contributed by atoms with van der Waals surface area (Å²) in [7, 11) is 0. The van der Waals surface area contributed by atoms with Gasteiger partial charge in [-0.2, -0.15) is 0 Å². The Hall–Kier alpha value is -1.02. The van der Waals surface area contributed by atoms with Crippen LogP contribution < -0.4 is 10.6 Å². The van der Waals surface area contributed by atoms with Gasteiger partial charge in [-0.25, -0.2) is 9.97 Å². The number of hydrogen-bond donors (Lipinski definition) is 2. The Morgan fingerprint density at radius 2 is 2.23 bits per heavy atom. The number of thiazole rings is 2. The normalized spacial score (nSPS) is 17.8. The lowest BCUT2D eigenvalue weighted by Crippen LogP contribution is -2.37. The van der Waals surface area contributed by atoms with E-state index in [9.17, 15) is 4.79 Å². The first-order valence-corrected chi connectivity index (χ1v) is 8.74. The van der Waals surface area contributed by atoms with Crippen LogP contribution in [0.1, 0.15) is 23.5 Å². The smallest absolute Gasteiger partial charge is 0.230 e. The number of nitrogens with one attached hydrogen (secondary N) is 2. The number of nitrogens with zero attached hydrogens (tertiary/aromatic N) is 2. The summed E-state index contributed by atoms with van der Waals surface area (Å²) in [5, 5.41) is 9.89. The van der Waals surface area contributed by atoms with Crippen LogP contribution >= 0.6 is 35.1 Å². The molecule has 3 heterocycles. The summed E-state index contributed by atoms with van der Waals surface area (Å²) in [5.74, 6) is 0.124. The van der Waals surface area contributed by atoms with Gasteiger partial charge in [-0.3, -0.25) is 4.79 Å². The van der Waals surface area contributed by atoms with E-state index in [2.05, 4.69) is 20.6 Å². The maximum Gasteiger partial charge on any atom is 0.230 e. The third-order valence-corrected chi connectivity index (χ3v) is 5.39. The van der Waals surface area contributed by atoms with Crippen molar-refractivity contribution in [1.29, 1.82) is 0 Å². The third-order valence-electron chi connectivity index (χ3n) is 3.54. The minimum Gasteiger partial charge on any atom is -0.316 e. The molecule has 0 radical (unpaired) electrons. The van der Waals surface area contributed by atoms with E-state index in [4.69, 9.17) is 0 Å². The molecule has 2 aromatic rings. The zero-order valence-electron chi connectivity index (χ0n) is 12.5. The van der Waals surface area contributed by atoms with Gasteiger partial charge in [0.2, 0.25) is 5.91 Å². The van der Waals surface area contributed by atoms with Crippen molar-refractivity contribution in [2.75, 3.05) is 18.4 Å². The minimum atomic E-state index is 0. The Morgan fingerprint density at radius 1 is 1.41 bits per heavy atom. The van der Waals surface area contributed by atoms with E-state index < -0.39 is 0 Å². The second-order valence-electron chi connectivity index (χ2n) is 5.22. The molecule has 2 N–H and O–H groups in total. The molecule has 0 aliphatic carbocycles. The van der Waals surface area contributed by atoms with Crippen LogP contribution in [0.5, 0.6) is 0 Å². The van der Waals surface area contributed by atoms with Gasteiger partial charge in [0.05, 0.1) is 27.2 Å². The molecule has 8 heteroatoms. The van der Waals surface area contributed by atoms with Gasteiger partial charge in [-0.05, 0) is 33.2 Å². The van der Waals surface area contributed by atoms with Gasteiger partial charge >= 0.3 is 0 Å². The first-order valence-electron chi connectivity index (χ1n) is 7.05. The molecule has 22 heavy (non-hydrogen) atoms. The SMILES string of the molecule is Cc1nc(C)c(-c2csc(NC(=O)C3CCCNC3)n2)s1.Cl. The fraction of sp³-hybridized carbons (Fsp3) is 0.500. The van der Waals surface area contributed by atoms with E-state index >= 15 is 0 Å². The Kier molecular flexibility index (Phi) is 5.91. The number of aromatic nitrogens is 2. The maximum absolute atomic E-state index is 12.2. The van der Waals surface area contributed by atoms with Crippen molar-refractivity contribution in [3.8, 4) is 10.6 Å². The van der Waals surface area contributed by atoms with Crippen LogP contribution in [0.2, 0.25) is 0 Å². The van der Waals surface area contributed by atoms with Gasteiger partial charge in [-0.1, -0.05) is 0 Å². The Morgan fingerprint density at radius 3 is 2.86 bits per heavy atom. The number of halogens is 1. The summed E-state index contributed by atoms with van der Waals surface area (Å²) >= 11 is 3.11. The van der Waals surface area contributed by atoms with Crippen molar-refractivity contribution in [2.24, 2.45) is 5.92 Å². The number of carbonyl (C=O) groups is 1. The van der Waals surface area contributed by atoms with Gasteiger partial charge < -0.3 is 10.6 Å². The third kappa shape index (κ3) is 3.84. The van der Waals surface area contributed by atoms with Gasteiger partial charge in [0.15, 0.2) is 5.13 Å². The fourth-order valence-electron chi connectivity index (χ4n) is 2.49. The first kappa shape index (κ1) is 17.3. The van der Waals surface area contributed by atoms with Gasteiger partial charge in [0, 0.05) is 11.9 Å². The first-order chi connectivity index (χ1) is 10.1. The summed E-state index contributed by atoms with van der Waals surface area (Å²) in [6.45, 7) is 5.75. The second kappa shape index (κ2) is 7.50. The fourth-order valence-corrected chi connectivity index (χ4v) is 4.15. The standard InChI is InChI=1S/C14H18N4OS2.ClH/c1-8-12(21-9(2)16-8)11-7-20-14(17-11)18-13(19)10-4-3-5-15-6-10;/h7,10,15H,3-6H2,1-2H3,(H,17,18,19);1H. The average molecular weight is 359 g/mol. The van der Waals surface area contributed by atoms with Crippen molar-refractivity contribution in [3.05, 3.63) is 16.1 Å². The van der Waals surface area contributed by atoms with Crippen molar-refractivity contribution >= 4 is 46.1 Å². The van der Waals surface area contributed by atoms with Crippen molar-refractivity contribution in [1.82, 2.24) is 15.3 Å². The van der Waals surface area contributed by atoms with Crippen LogP contribution in [-0.2, 0) is 4.79 Å². The van der Waals surface area contributed by atoms with Gasteiger partial charge in [0.1, 0.15) is 0 Å². The quantitative estimate of drug-likeness (QED) is 0.883. The van der Waals surface area contributed by atoms with E-state index in [1.807, 2.05) is 19.2 Å². The zero-order chi connectivity index (χ0) is 14.8. The van der Waals surface area contributed by atoms with E-state index in [1.165, 1.54) is 11.3 Å². The van der Waals surface area contributed by atoms with Crippen LogP contribution in [0, 0.1) is 19.8 Å². The molecule has 1 amide bonds. The lowest BCUT2D eigenvalue weighted by molar-refractivity contribution is -0.120. The molecule has 5 nitrogen and oxygen atoms in total. The Labute approximate surface area is 144 Å². The van der Waals surface area contributed by atoms with Crippen LogP contribution in [0.25, 0.3) is 10.6 Å². The van der Waals surface area contributed by atoms with E-state index in [-0.39, 0.29) is 24.2 Å². The molecule has 120 valence electrons.